The van der Waals surface area contributed by atoms with Gasteiger partial charge in [0.2, 0.25) is 10.0 Å². The standard InChI is InChI=1S/C15H18N4O5S/c1-19(6-7-20)25(23,24)13-5-3-2-4-11(13)8-17-14-10-16-12(9-18-14)15(21)22/h2-5,9-10,20H,6-8H2,1H3,(H,17,18)(H,21,22). The van der Waals surface area contributed by atoms with Gasteiger partial charge in [-0.25, -0.2) is 23.2 Å². The lowest BCUT2D eigenvalue weighted by atomic mass is 10.2. The summed E-state index contributed by atoms with van der Waals surface area (Å²) in [5.41, 5.74) is 0.329. The molecule has 1 aromatic heterocycles. The zero-order valence-electron chi connectivity index (χ0n) is 13.5. The molecule has 0 saturated heterocycles. The van der Waals surface area contributed by atoms with Crippen molar-refractivity contribution >= 4 is 21.8 Å². The van der Waals surface area contributed by atoms with Gasteiger partial charge in [0.25, 0.3) is 0 Å². The Morgan fingerprint density at radius 1 is 1.24 bits per heavy atom. The lowest BCUT2D eigenvalue weighted by molar-refractivity contribution is 0.0690. The van der Waals surface area contributed by atoms with Gasteiger partial charge in [0.05, 0.1) is 23.9 Å². The summed E-state index contributed by atoms with van der Waals surface area (Å²) in [6.07, 6.45) is 2.38. The quantitative estimate of drug-likeness (QED) is 0.611. The largest absolute Gasteiger partial charge is 0.476 e. The molecule has 0 aliphatic rings. The topological polar surface area (TPSA) is 133 Å². The van der Waals surface area contributed by atoms with Gasteiger partial charge in [-0.05, 0) is 11.6 Å². The van der Waals surface area contributed by atoms with Crippen LogP contribution in [0.1, 0.15) is 16.1 Å². The second-order valence-electron chi connectivity index (χ2n) is 5.10. The second-order valence-corrected chi connectivity index (χ2v) is 7.12. The van der Waals surface area contributed by atoms with E-state index in [1.807, 2.05) is 0 Å². The van der Waals surface area contributed by atoms with Crippen molar-refractivity contribution in [1.29, 1.82) is 0 Å². The van der Waals surface area contributed by atoms with Crippen LogP contribution in [0, 0.1) is 0 Å². The number of carboxylic acids is 1. The Bertz CT molecular complexity index is 839. The minimum atomic E-state index is -3.73. The van der Waals surface area contributed by atoms with Gasteiger partial charge < -0.3 is 15.5 Å². The first-order valence-corrected chi connectivity index (χ1v) is 8.74. The maximum absolute atomic E-state index is 12.6. The van der Waals surface area contributed by atoms with Crippen LogP contribution >= 0.6 is 0 Å². The van der Waals surface area contributed by atoms with E-state index in [1.165, 1.54) is 19.3 Å². The number of benzene rings is 1. The Kier molecular flexibility index (Phi) is 6.02. The van der Waals surface area contributed by atoms with Crippen LogP contribution in [0.5, 0.6) is 0 Å². The van der Waals surface area contributed by atoms with Crippen molar-refractivity contribution < 1.29 is 23.4 Å². The number of nitrogens with zero attached hydrogens (tertiary/aromatic N) is 3. The third-order valence-electron chi connectivity index (χ3n) is 3.41. The normalized spacial score (nSPS) is 11.5. The predicted molar refractivity (Wildman–Crippen MR) is 89.7 cm³/mol. The van der Waals surface area contributed by atoms with Crippen LogP contribution in [0.4, 0.5) is 5.82 Å². The molecule has 0 unspecified atom stereocenters. The second kappa shape index (κ2) is 8.01. The zero-order valence-corrected chi connectivity index (χ0v) is 14.3. The number of sulfonamides is 1. The lowest BCUT2D eigenvalue weighted by Crippen LogP contribution is -2.30. The van der Waals surface area contributed by atoms with Crippen LogP contribution in [0.2, 0.25) is 0 Å². The van der Waals surface area contributed by atoms with E-state index in [0.29, 0.717) is 11.4 Å². The fourth-order valence-electron chi connectivity index (χ4n) is 2.05. The third kappa shape index (κ3) is 4.50. The molecule has 0 amide bonds. The summed E-state index contributed by atoms with van der Waals surface area (Å²) in [5, 5.41) is 20.7. The maximum Gasteiger partial charge on any atom is 0.356 e. The molecule has 10 heteroatoms. The highest BCUT2D eigenvalue weighted by Crippen LogP contribution is 2.20. The SMILES string of the molecule is CN(CCO)S(=O)(=O)c1ccccc1CNc1cnc(C(=O)O)cn1. The Labute approximate surface area is 145 Å². The molecule has 9 nitrogen and oxygen atoms in total. The van der Waals surface area contributed by atoms with Gasteiger partial charge in [-0.3, -0.25) is 0 Å². The van der Waals surface area contributed by atoms with E-state index in [0.717, 1.165) is 10.5 Å². The summed E-state index contributed by atoms with van der Waals surface area (Å²) in [7, 11) is -2.34. The molecule has 0 atom stereocenters. The van der Waals surface area contributed by atoms with Crippen LogP contribution in [0.25, 0.3) is 0 Å². The summed E-state index contributed by atoms with van der Waals surface area (Å²) in [5.74, 6) is -0.858. The first-order chi connectivity index (χ1) is 11.9. The Morgan fingerprint density at radius 3 is 2.56 bits per heavy atom. The van der Waals surface area contributed by atoms with Crippen LogP contribution in [-0.2, 0) is 16.6 Å². The van der Waals surface area contributed by atoms with Crippen LogP contribution in [0.3, 0.4) is 0 Å². The van der Waals surface area contributed by atoms with E-state index in [2.05, 4.69) is 15.3 Å². The Balaban J connectivity index is 2.19. The highest BCUT2D eigenvalue weighted by molar-refractivity contribution is 7.89. The summed E-state index contributed by atoms with van der Waals surface area (Å²) in [4.78, 5) is 18.5. The molecule has 1 aromatic carbocycles. The Morgan fingerprint density at radius 2 is 1.96 bits per heavy atom. The Hall–Kier alpha value is -2.56. The van der Waals surface area contributed by atoms with Gasteiger partial charge in [-0.15, -0.1) is 0 Å². The molecular weight excluding hydrogens is 348 g/mol. The van der Waals surface area contributed by atoms with E-state index in [1.54, 1.807) is 18.2 Å². The van der Waals surface area contributed by atoms with Crippen molar-refractivity contribution in [2.24, 2.45) is 0 Å². The zero-order chi connectivity index (χ0) is 18.4. The van der Waals surface area contributed by atoms with E-state index in [9.17, 15) is 13.2 Å². The van der Waals surface area contributed by atoms with E-state index < -0.39 is 16.0 Å². The molecule has 2 rings (SSSR count). The first kappa shape index (κ1) is 18.8. The average molecular weight is 366 g/mol. The van der Waals surface area contributed by atoms with Crippen LogP contribution in [-0.4, -0.2) is 59.1 Å². The van der Waals surface area contributed by atoms with E-state index in [-0.39, 0.29) is 30.3 Å². The highest BCUT2D eigenvalue weighted by Gasteiger charge is 2.23. The number of anilines is 1. The first-order valence-electron chi connectivity index (χ1n) is 7.30. The smallest absolute Gasteiger partial charge is 0.356 e. The molecule has 3 N–H and O–H groups in total. The number of hydrogen-bond donors (Lipinski definition) is 3. The minimum absolute atomic E-state index is 0.00772. The van der Waals surface area contributed by atoms with E-state index >= 15 is 0 Å². The number of aliphatic hydroxyl groups is 1. The van der Waals surface area contributed by atoms with Gasteiger partial charge >= 0.3 is 5.97 Å². The number of hydrogen-bond acceptors (Lipinski definition) is 7. The van der Waals surface area contributed by atoms with Gasteiger partial charge in [0.15, 0.2) is 5.69 Å². The summed E-state index contributed by atoms with van der Waals surface area (Å²) in [6.45, 7) is -0.128. The predicted octanol–water partition coefficient (Wildman–Crippen LogP) is 0.400. The molecule has 134 valence electrons. The molecule has 1 heterocycles. The summed E-state index contributed by atoms with van der Waals surface area (Å²) in [6, 6.07) is 6.47. The van der Waals surface area contributed by atoms with Crippen molar-refractivity contribution in [3.63, 3.8) is 0 Å². The van der Waals surface area contributed by atoms with Gasteiger partial charge in [-0.1, -0.05) is 18.2 Å². The summed E-state index contributed by atoms with van der Waals surface area (Å²) < 4.78 is 26.2. The van der Waals surface area contributed by atoms with Gasteiger partial charge in [0, 0.05) is 20.1 Å². The average Bonchev–Trinajstić information content (AvgIpc) is 2.60. The van der Waals surface area contributed by atoms with Gasteiger partial charge in [0.1, 0.15) is 5.82 Å². The number of nitrogens with one attached hydrogen (secondary N) is 1. The maximum atomic E-state index is 12.6. The molecule has 0 aliphatic carbocycles. The van der Waals surface area contributed by atoms with Gasteiger partial charge in [-0.2, -0.15) is 4.31 Å². The highest BCUT2D eigenvalue weighted by atomic mass is 32.2. The molecule has 0 fully saturated rings. The molecule has 0 bridgehead atoms. The number of aromatic carboxylic acids is 1. The van der Waals surface area contributed by atoms with Crippen molar-refractivity contribution in [2.75, 3.05) is 25.5 Å². The van der Waals surface area contributed by atoms with E-state index in [4.69, 9.17) is 10.2 Å². The minimum Gasteiger partial charge on any atom is -0.476 e. The summed E-state index contributed by atoms with van der Waals surface area (Å²) >= 11 is 0. The van der Waals surface area contributed by atoms with Crippen molar-refractivity contribution in [3.8, 4) is 0 Å². The fraction of sp³-hybridized carbons (Fsp3) is 0.267. The number of carboxylic acid groups (broad SMARTS) is 1. The molecule has 0 aliphatic heterocycles. The molecule has 0 saturated carbocycles. The van der Waals surface area contributed by atoms with Crippen LogP contribution in [0.15, 0.2) is 41.6 Å². The number of aliphatic hydroxyl groups excluding tert-OH is 1. The molecule has 2 aromatic rings. The molecule has 0 spiro atoms. The number of likely N-dealkylation sites (N-methyl/N-ethyl adjacent to an activating group) is 1. The van der Waals surface area contributed by atoms with Crippen molar-refractivity contribution in [1.82, 2.24) is 14.3 Å². The molecule has 0 radical (unpaired) electrons. The lowest BCUT2D eigenvalue weighted by Gasteiger charge is -2.18. The number of rotatable bonds is 8. The number of aromatic nitrogens is 2. The van der Waals surface area contributed by atoms with Crippen molar-refractivity contribution in [3.05, 3.63) is 47.9 Å². The number of carbonyl (C=O) groups is 1. The molecular formula is C15H18N4O5S. The van der Waals surface area contributed by atoms with Crippen LogP contribution < -0.4 is 5.32 Å². The molecule has 25 heavy (non-hydrogen) atoms. The monoisotopic (exact) mass is 366 g/mol. The van der Waals surface area contributed by atoms with Crippen molar-refractivity contribution in [2.45, 2.75) is 11.4 Å². The third-order valence-corrected chi connectivity index (χ3v) is 5.36. The fourth-order valence-corrected chi connectivity index (χ4v) is 3.43.